The second-order valence-electron chi connectivity index (χ2n) is 5.57. The number of rotatable bonds is 4. The third-order valence-corrected chi connectivity index (χ3v) is 4.07. The monoisotopic (exact) mass is 332 g/mol. The number of aromatic hydroxyl groups is 1. The molecular weight excluding hydrogens is 316 g/mol. The lowest BCUT2D eigenvalue weighted by Gasteiger charge is -2.03. The molecule has 3 N–H and O–H groups in total. The van der Waals surface area contributed by atoms with E-state index in [9.17, 15) is 5.11 Å². The Morgan fingerprint density at radius 2 is 1.76 bits per heavy atom. The fraction of sp³-hybridized carbons (Fsp3) is 0.0526. The Morgan fingerprint density at radius 1 is 0.960 bits per heavy atom. The molecule has 0 aliphatic heterocycles. The minimum Gasteiger partial charge on any atom is -0.507 e. The fourth-order valence-corrected chi connectivity index (χ4v) is 2.75. The predicted octanol–water partition coefficient (Wildman–Crippen LogP) is 3.85. The molecule has 124 valence electrons. The number of para-hydroxylation sites is 1. The molecule has 0 radical (unpaired) electrons. The molecule has 0 unspecified atom stereocenters. The van der Waals surface area contributed by atoms with Gasteiger partial charge in [-0.1, -0.05) is 12.1 Å². The number of phenols is 1. The SMILES string of the molecule is COc1ccc(-c2cc(-c3cn[nH]c3-c3ccccc3O)[nH]n2)cc1. The van der Waals surface area contributed by atoms with Gasteiger partial charge in [-0.2, -0.15) is 10.2 Å². The summed E-state index contributed by atoms with van der Waals surface area (Å²) >= 11 is 0. The van der Waals surface area contributed by atoms with Gasteiger partial charge in [0.15, 0.2) is 0 Å². The third-order valence-electron chi connectivity index (χ3n) is 4.07. The summed E-state index contributed by atoms with van der Waals surface area (Å²) in [5.41, 5.74) is 4.89. The summed E-state index contributed by atoms with van der Waals surface area (Å²) in [6.07, 6.45) is 1.72. The molecule has 6 nitrogen and oxygen atoms in total. The highest BCUT2D eigenvalue weighted by Crippen LogP contribution is 2.35. The average molecular weight is 332 g/mol. The summed E-state index contributed by atoms with van der Waals surface area (Å²) in [6, 6.07) is 16.8. The molecule has 2 aromatic heterocycles. The van der Waals surface area contributed by atoms with Crippen LogP contribution < -0.4 is 4.74 Å². The Bertz CT molecular complexity index is 1000. The average Bonchev–Trinajstić information content (AvgIpc) is 3.31. The molecule has 0 bridgehead atoms. The van der Waals surface area contributed by atoms with Crippen LogP contribution in [0.4, 0.5) is 0 Å². The molecule has 0 aliphatic carbocycles. The highest BCUT2D eigenvalue weighted by atomic mass is 16.5. The maximum Gasteiger partial charge on any atom is 0.124 e. The first-order chi connectivity index (χ1) is 12.3. The first kappa shape index (κ1) is 15.0. The molecule has 25 heavy (non-hydrogen) atoms. The predicted molar refractivity (Wildman–Crippen MR) is 95.3 cm³/mol. The Morgan fingerprint density at radius 3 is 2.52 bits per heavy atom. The topological polar surface area (TPSA) is 86.8 Å². The lowest BCUT2D eigenvalue weighted by molar-refractivity contribution is 0.415. The van der Waals surface area contributed by atoms with Crippen molar-refractivity contribution in [1.82, 2.24) is 20.4 Å². The van der Waals surface area contributed by atoms with Crippen LogP contribution in [-0.4, -0.2) is 32.6 Å². The van der Waals surface area contributed by atoms with E-state index in [1.807, 2.05) is 42.5 Å². The van der Waals surface area contributed by atoms with Gasteiger partial charge in [0.2, 0.25) is 0 Å². The summed E-state index contributed by atoms with van der Waals surface area (Å²) in [6.45, 7) is 0. The molecule has 0 saturated heterocycles. The summed E-state index contributed by atoms with van der Waals surface area (Å²) in [4.78, 5) is 0. The first-order valence-corrected chi connectivity index (χ1v) is 7.78. The number of methoxy groups -OCH3 is 1. The first-order valence-electron chi connectivity index (χ1n) is 7.78. The van der Waals surface area contributed by atoms with Gasteiger partial charge in [0.1, 0.15) is 11.5 Å². The van der Waals surface area contributed by atoms with Gasteiger partial charge in [-0.05, 0) is 42.5 Å². The highest BCUT2D eigenvalue weighted by Gasteiger charge is 2.15. The lowest BCUT2D eigenvalue weighted by Crippen LogP contribution is -1.83. The second-order valence-corrected chi connectivity index (χ2v) is 5.57. The number of aromatic amines is 2. The van der Waals surface area contributed by atoms with Crippen LogP contribution in [0.5, 0.6) is 11.5 Å². The minimum atomic E-state index is 0.197. The Kier molecular flexibility index (Phi) is 3.70. The Labute approximate surface area is 144 Å². The lowest BCUT2D eigenvalue weighted by atomic mass is 10.0. The van der Waals surface area contributed by atoms with Crippen molar-refractivity contribution in [1.29, 1.82) is 0 Å². The number of aromatic nitrogens is 4. The van der Waals surface area contributed by atoms with Crippen molar-refractivity contribution in [3.63, 3.8) is 0 Å². The zero-order valence-electron chi connectivity index (χ0n) is 13.5. The number of H-pyrrole nitrogens is 2. The highest BCUT2D eigenvalue weighted by molar-refractivity contribution is 5.82. The van der Waals surface area contributed by atoms with Gasteiger partial charge in [0.05, 0.1) is 30.4 Å². The summed E-state index contributed by atoms with van der Waals surface area (Å²) < 4.78 is 5.18. The molecule has 0 saturated carbocycles. The van der Waals surface area contributed by atoms with E-state index < -0.39 is 0 Å². The van der Waals surface area contributed by atoms with Crippen molar-refractivity contribution in [2.24, 2.45) is 0 Å². The van der Waals surface area contributed by atoms with Crippen LogP contribution in [0.15, 0.2) is 60.8 Å². The van der Waals surface area contributed by atoms with E-state index in [0.717, 1.165) is 34.0 Å². The van der Waals surface area contributed by atoms with Gasteiger partial charge < -0.3 is 9.84 Å². The number of benzene rings is 2. The van der Waals surface area contributed by atoms with E-state index in [4.69, 9.17) is 4.74 Å². The van der Waals surface area contributed by atoms with Gasteiger partial charge >= 0.3 is 0 Å². The molecule has 0 fully saturated rings. The molecule has 0 aliphatic rings. The Balaban J connectivity index is 1.72. The van der Waals surface area contributed by atoms with Crippen LogP contribution in [0.2, 0.25) is 0 Å². The maximum atomic E-state index is 10.1. The van der Waals surface area contributed by atoms with Crippen molar-refractivity contribution in [3.8, 4) is 45.3 Å². The fourth-order valence-electron chi connectivity index (χ4n) is 2.75. The van der Waals surface area contributed by atoms with E-state index in [0.29, 0.717) is 5.56 Å². The largest absolute Gasteiger partial charge is 0.507 e. The van der Waals surface area contributed by atoms with Crippen LogP contribution in [0.25, 0.3) is 33.8 Å². The van der Waals surface area contributed by atoms with Gasteiger partial charge in [-0.25, -0.2) is 0 Å². The second kappa shape index (κ2) is 6.16. The summed E-state index contributed by atoms with van der Waals surface area (Å²) in [7, 11) is 1.64. The van der Waals surface area contributed by atoms with Crippen molar-refractivity contribution in [2.45, 2.75) is 0 Å². The summed E-state index contributed by atoms with van der Waals surface area (Å²) in [5, 5.41) is 24.6. The maximum absolute atomic E-state index is 10.1. The molecule has 4 aromatic rings. The quantitative estimate of drug-likeness (QED) is 0.530. The smallest absolute Gasteiger partial charge is 0.124 e. The van der Waals surface area contributed by atoms with E-state index >= 15 is 0 Å². The van der Waals surface area contributed by atoms with Gasteiger partial charge in [-0.15, -0.1) is 0 Å². The zero-order valence-corrected chi connectivity index (χ0v) is 13.5. The molecule has 2 aromatic carbocycles. The standard InChI is InChI=1S/C19H16N4O2/c1-25-13-8-6-12(7-9-13)16-10-17(22-21-16)15-11-20-23-19(15)14-4-2-3-5-18(14)24/h2-11,24H,1H3,(H,20,23)(H,21,22). The molecule has 6 heteroatoms. The molecule has 0 atom stereocenters. The van der Waals surface area contributed by atoms with Crippen LogP contribution in [-0.2, 0) is 0 Å². The normalized spacial score (nSPS) is 10.8. The molecule has 4 rings (SSSR count). The third kappa shape index (κ3) is 2.74. The van der Waals surface area contributed by atoms with Crippen LogP contribution in [0.1, 0.15) is 0 Å². The van der Waals surface area contributed by atoms with Crippen molar-refractivity contribution in [3.05, 3.63) is 60.8 Å². The van der Waals surface area contributed by atoms with Gasteiger partial charge in [-0.3, -0.25) is 10.2 Å². The van der Waals surface area contributed by atoms with E-state index in [1.165, 1.54) is 0 Å². The van der Waals surface area contributed by atoms with Crippen molar-refractivity contribution < 1.29 is 9.84 Å². The molecule has 0 amide bonds. The minimum absolute atomic E-state index is 0.197. The number of ether oxygens (including phenoxy) is 1. The van der Waals surface area contributed by atoms with E-state index in [1.54, 1.807) is 25.4 Å². The van der Waals surface area contributed by atoms with E-state index in [-0.39, 0.29) is 5.75 Å². The van der Waals surface area contributed by atoms with Gasteiger partial charge in [0.25, 0.3) is 0 Å². The number of hydrogen-bond donors (Lipinski definition) is 3. The van der Waals surface area contributed by atoms with Crippen molar-refractivity contribution in [2.75, 3.05) is 7.11 Å². The number of phenolic OH excluding ortho intramolecular Hbond substituents is 1. The number of nitrogens with one attached hydrogen (secondary N) is 2. The number of hydrogen-bond acceptors (Lipinski definition) is 4. The zero-order chi connectivity index (χ0) is 17.2. The summed E-state index contributed by atoms with van der Waals surface area (Å²) in [5.74, 6) is 0.999. The van der Waals surface area contributed by atoms with Crippen LogP contribution in [0, 0.1) is 0 Å². The molecule has 0 spiro atoms. The van der Waals surface area contributed by atoms with Gasteiger partial charge in [0, 0.05) is 16.7 Å². The van der Waals surface area contributed by atoms with Crippen LogP contribution >= 0.6 is 0 Å². The molecular formula is C19H16N4O2. The van der Waals surface area contributed by atoms with Crippen molar-refractivity contribution >= 4 is 0 Å². The van der Waals surface area contributed by atoms with E-state index in [2.05, 4.69) is 20.4 Å². The van der Waals surface area contributed by atoms with Crippen LogP contribution in [0.3, 0.4) is 0 Å². The Hall–Kier alpha value is -3.54. The number of nitrogens with zero attached hydrogens (tertiary/aromatic N) is 2. The molecule has 2 heterocycles.